The lowest BCUT2D eigenvalue weighted by atomic mass is 9.72. The Bertz CT molecular complexity index is 632. The molecule has 1 heterocycles. The van der Waals surface area contributed by atoms with Crippen molar-refractivity contribution in [2.24, 2.45) is 0 Å². The molecule has 10 heteroatoms. The van der Waals surface area contributed by atoms with E-state index in [-0.39, 0.29) is 28.9 Å². The number of hydrogen-bond acceptors (Lipinski definition) is 5. The highest BCUT2D eigenvalue weighted by molar-refractivity contribution is 7.99. The summed E-state index contributed by atoms with van der Waals surface area (Å²) in [5.74, 6) is -3.79. The molecule has 1 amide bonds. The average molecular weight is 348 g/mol. The largest absolute Gasteiger partial charge is 0.547 e. The van der Waals surface area contributed by atoms with Crippen LogP contribution in [-0.4, -0.2) is 47.1 Å². The van der Waals surface area contributed by atoms with E-state index in [0.29, 0.717) is 5.56 Å². The van der Waals surface area contributed by atoms with Crippen LogP contribution in [0.4, 0.5) is 4.39 Å². The molecule has 1 aromatic rings. The molecular weight excluding hydrogens is 335 g/mol. The van der Waals surface area contributed by atoms with Gasteiger partial charge in [-0.15, -0.1) is 0 Å². The molecule has 0 aliphatic carbocycles. The Hall–Kier alpha value is -1.45. The number of carboxylic acid groups (broad SMARTS) is 1. The first-order chi connectivity index (χ1) is 10.3. The van der Waals surface area contributed by atoms with Crippen LogP contribution in [0.15, 0.2) is 6.07 Å². The number of thioether (sulfide) groups is 1. The van der Waals surface area contributed by atoms with Crippen molar-refractivity contribution < 1.29 is 28.8 Å². The van der Waals surface area contributed by atoms with Gasteiger partial charge in [0, 0.05) is 0 Å². The molecule has 6 nitrogen and oxygen atoms in total. The molecule has 0 saturated heterocycles. The maximum Gasteiger partial charge on any atom is 0.547 e. The monoisotopic (exact) mass is 347 g/mol. The lowest BCUT2D eigenvalue weighted by molar-refractivity contribution is -0.118. The van der Waals surface area contributed by atoms with Gasteiger partial charge in [-0.1, -0.05) is 11.6 Å². The standard InChI is InChI=1S/C12H12BClFNO5S/c1-22-4-8(17)16-7-3-5-2-6(14)10(15)9(12(18)19)11(5)21-13(7)20/h2,7,20H,3-4H2,1H3,(H,16,17)(H,18,19). The number of rotatable bonds is 4. The summed E-state index contributed by atoms with van der Waals surface area (Å²) in [4.78, 5) is 22.8. The van der Waals surface area contributed by atoms with Crippen molar-refractivity contribution in [3.63, 3.8) is 0 Å². The predicted octanol–water partition coefficient (Wildman–Crippen LogP) is 0.980. The first-order valence-electron chi connectivity index (χ1n) is 6.22. The molecule has 0 radical (unpaired) electrons. The summed E-state index contributed by atoms with van der Waals surface area (Å²) in [6, 6.07) is 1.23. The first-order valence-corrected chi connectivity index (χ1v) is 7.99. The van der Waals surface area contributed by atoms with Crippen molar-refractivity contribution in [1.82, 2.24) is 5.32 Å². The zero-order valence-corrected chi connectivity index (χ0v) is 13.0. The molecule has 0 aromatic heterocycles. The second-order valence-corrected chi connectivity index (χ2v) is 5.93. The Morgan fingerprint density at radius 2 is 2.32 bits per heavy atom. The van der Waals surface area contributed by atoms with E-state index in [2.05, 4.69) is 5.32 Å². The predicted molar refractivity (Wildman–Crippen MR) is 81.0 cm³/mol. The van der Waals surface area contributed by atoms with E-state index < -0.39 is 30.4 Å². The molecule has 22 heavy (non-hydrogen) atoms. The Balaban J connectivity index is 2.34. The number of halogens is 2. The molecule has 1 atom stereocenters. The second-order valence-electron chi connectivity index (χ2n) is 4.66. The van der Waals surface area contributed by atoms with Crippen LogP contribution in [0.5, 0.6) is 5.75 Å². The van der Waals surface area contributed by atoms with E-state index in [0.717, 1.165) is 0 Å². The molecule has 3 N–H and O–H groups in total. The third-order valence-corrected chi connectivity index (χ3v) is 3.93. The molecule has 1 aromatic carbocycles. The summed E-state index contributed by atoms with van der Waals surface area (Å²) in [6.07, 6.45) is 1.83. The fraction of sp³-hybridized carbons (Fsp3) is 0.333. The fourth-order valence-electron chi connectivity index (χ4n) is 2.18. The minimum absolute atomic E-state index is 0.0803. The smallest absolute Gasteiger partial charge is 0.534 e. The Morgan fingerprint density at radius 1 is 1.64 bits per heavy atom. The van der Waals surface area contributed by atoms with Crippen LogP contribution in [0.2, 0.25) is 5.02 Å². The highest BCUT2D eigenvalue weighted by Gasteiger charge is 2.39. The number of hydrogen-bond donors (Lipinski definition) is 3. The third-order valence-electron chi connectivity index (χ3n) is 3.11. The van der Waals surface area contributed by atoms with Crippen LogP contribution in [-0.2, 0) is 11.2 Å². The van der Waals surface area contributed by atoms with Crippen LogP contribution in [0, 0.1) is 5.82 Å². The minimum Gasteiger partial charge on any atom is -0.534 e. The number of carbonyl (C=O) groups is 2. The van der Waals surface area contributed by atoms with Gasteiger partial charge in [-0.3, -0.25) is 4.79 Å². The third kappa shape index (κ3) is 3.31. The van der Waals surface area contributed by atoms with Gasteiger partial charge in [-0.25, -0.2) is 9.18 Å². The van der Waals surface area contributed by atoms with Crippen molar-refractivity contribution in [1.29, 1.82) is 0 Å². The summed E-state index contributed by atoms with van der Waals surface area (Å²) in [7, 11) is -1.48. The normalized spacial score (nSPS) is 16.7. The average Bonchev–Trinajstić information content (AvgIpc) is 2.42. The number of nitrogens with one attached hydrogen (secondary N) is 1. The van der Waals surface area contributed by atoms with Crippen LogP contribution >= 0.6 is 23.4 Å². The van der Waals surface area contributed by atoms with Crippen molar-refractivity contribution in [3.05, 3.63) is 28.0 Å². The molecule has 1 aliphatic rings. The highest BCUT2D eigenvalue weighted by atomic mass is 35.5. The number of aromatic carboxylic acids is 1. The number of carbonyl (C=O) groups excluding carboxylic acids is 1. The van der Waals surface area contributed by atoms with Gasteiger partial charge in [-0.05, 0) is 24.3 Å². The van der Waals surface area contributed by atoms with Gasteiger partial charge in [0.25, 0.3) is 0 Å². The van der Waals surface area contributed by atoms with E-state index >= 15 is 0 Å². The topological polar surface area (TPSA) is 95.9 Å². The Morgan fingerprint density at radius 3 is 2.91 bits per heavy atom. The van der Waals surface area contributed by atoms with Gasteiger partial charge in [0.05, 0.1) is 16.7 Å². The van der Waals surface area contributed by atoms with Crippen LogP contribution in [0.3, 0.4) is 0 Å². The molecule has 0 fully saturated rings. The van der Waals surface area contributed by atoms with Crippen molar-refractivity contribution in [2.75, 3.05) is 12.0 Å². The fourth-order valence-corrected chi connectivity index (χ4v) is 2.75. The summed E-state index contributed by atoms with van der Waals surface area (Å²) in [5, 5.41) is 21.2. The number of benzene rings is 1. The van der Waals surface area contributed by atoms with E-state index in [1.54, 1.807) is 6.26 Å². The van der Waals surface area contributed by atoms with Gasteiger partial charge < -0.3 is 20.1 Å². The molecule has 0 saturated carbocycles. The lowest BCUT2D eigenvalue weighted by Gasteiger charge is -2.29. The molecule has 0 bridgehead atoms. The second kappa shape index (κ2) is 6.76. The SMILES string of the molecule is CSCC(=O)NC1Cc2cc(Cl)c(F)c(C(=O)O)c2OB1O. The Kier molecular flexibility index (Phi) is 5.20. The van der Waals surface area contributed by atoms with Crippen molar-refractivity contribution in [2.45, 2.75) is 12.4 Å². The maximum atomic E-state index is 13.8. The van der Waals surface area contributed by atoms with Gasteiger partial charge >= 0.3 is 13.1 Å². The number of fused-ring (bicyclic) bond motifs is 1. The maximum absolute atomic E-state index is 13.8. The summed E-state index contributed by atoms with van der Waals surface area (Å²) in [5.41, 5.74) is -0.418. The number of amides is 1. The lowest BCUT2D eigenvalue weighted by Crippen LogP contribution is -2.53. The molecule has 2 rings (SSSR count). The van der Waals surface area contributed by atoms with E-state index in [1.165, 1.54) is 17.8 Å². The van der Waals surface area contributed by atoms with Gasteiger partial charge in [-0.2, -0.15) is 11.8 Å². The quantitative estimate of drug-likeness (QED) is 0.703. The Labute approximate surface area is 135 Å². The highest BCUT2D eigenvalue weighted by Crippen LogP contribution is 2.35. The van der Waals surface area contributed by atoms with Gasteiger partial charge in [0.15, 0.2) is 5.82 Å². The van der Waals surface area contributed by atoms with Crippen LogP contribution in [0.1, 0.15) is 15.9 Å². The van der Waals surface area contributed by atoms with E-state index in [9.17, 15) is 19.0 Å². The summed E-state index contributed by atoms with van der Waals surface area (Å²) in [6.45, 7) is 0. The van der Waals surface area contributed by atoms with E-state index in [4.69, 9.17) is 21.4 Å². The van der Waals surface area contributed by atoms with Crippen LogP contribution in [0.25, 0.3) is 0 Å². The molecular formula is C12H12BClFNO5S. The molecule has 118 valence electrons. The molecule has 0 spiro atoms. The van der Waals surface area contributed by atoms with Gasteiger partial charge in [0.1, 0.15) is 11.3 Å². The molecule has 1 aliphatic heterocycles. The zero-order valence-electron chi connectivity index (χ0n) is 11.4. The van der Waals surface area contributed by atoms with Crippen molar-refractivity contribution >= 4 is 42.4 Å². The van der Waals surface area contributed by atoms with Gasteiger partial charge in [0.2, 0.25) is 5.91 Å². The summed E-state index contributed by atoms with van der Waals surface area (Å²) < 4.78 is 18.9. The minimum atomic E-state index is -1.55. The molecule has 1 unspecified atom stereocenters. The summed E-state index contributed by atoms with van der Waals surface area (Å²) >= 11 is 7.00. The first kappa shape index (κ1) is 16.9. The number of carboxylic acids is 1. The van der Waals surface area contributed by atoms with Crippen molar-refractivity contribution in [3.8, 4) is 5.75 Å². The van der Waals surface area contributed by atoms with E-state index in [1.807, 2.05) is 0 Å². The zero-order chi connectivity index (χ0) is 16.4. The van der Waals surface area contributed by atoms with Crippen LogP contribution < -0.4 is 9.97 Å².